The van der Waals surface area contributed by atoms with Crippen molar-refractivity contribution in [3.8, 4) is 0 Å². The number of hydrogen-bond acceptors (Lipinski definition) is 5. The van der Waals surface area contributed by atoms with E-state index in [0.717, 1.165) is 25.9 Å². The Balaban J connectivity index is 2.24. The smallest absolute Gasteiger partial charge is 0.120 e. The number of nitrogens with one attached hydrogen (secondary N) is 2. The van der Waals surface area contributed by atoms with Crippen molar-refractivity contribution in [2.75, 3.05) is 19.6 Å². The second kappa shape index (κ2) is 8.87. The lowest BCUT2D eigenvalue weighted by atomic mass is 9.91. The van der Waals surface area contributed by atoms with Crippen LogP contribution in [0.3, 0.4) is 0 Å². The average Bonchev–Trinajstić information content (AvgIpc) is 2.40. The standard InChI is InChI=1S/C14H32N4O/c1-4-18(5-2)14(19)10-16-11(3)17-13-9-7-6-8-12(13)15/h11-14,16-17,19H,4-10,15H2,1-3H3. The maximum absolute atomic E-state index is 10.0. The molecule has 1 rings (SSSR count). The van der Waals surface area contributed by atoms with Crippen molar-refractivity contribution >= 4 is 0 Å². The first-order valence-corrected chi connectivity index (χ1v) is 7.75. The lowest BCUT2D eigenvalue weighted by Gasteiger charge is -2.33. The summed E-state index contributed by atoms with van der Waals surface area (Å²) < 4.78 is 0. The summed E-state index contributed by atoms with van der Waals surface area (Å²) in [6.45, 7) is 8.54. The summed E-state index contributed by atoms with van der Waals surface area (Å²) in [5, 5.41) is 16.9. The van der Waals surface area contributed by atoms with Crippen molar-refractivity contribution in [1.82, 2.24) is 15.5 Å². The minimum atomic E-state index is -0.417. The molecule has 0 saturated heterocycles. The lowest BCUT2D eigenvalue weighted by Crippen LogP contribution is -2.55. The van der Waals surface area contributed by atoms with Gasteiger partial charge < -0.3 is 10.8 Å². The minimum absolute atomic E-state index is 0.180. The highest BCUT2D eigenvalue weighted by atomic mass is 16.3. The topological polar surface area (TPSA) is 73.5 Å². The van der Waals surface area contributed by atoms with Crippen LogP contribution in [0.15, 0.2) is 0 Å². The Morgan fingerprint density at radius 2 is 1.89 bits per heavy atom. The van der Waals surface area contributed by atoms with Gasteiger partial charge in [-0.1, -0.05) is 26.7 Å². The van der Waals surface area contributed by atoms with E-state index in [9.17, 15) is 5.11 Å². The molecule has 114 valence electrons. The molecule has 1 fully saturated rings. The fraction of sp³-hybridized carbons (Fsp3) is 1.00. The number of aliphatic hydroxyl groups is 1. The van der Waals surface area contributed by atoms with Gasteiger partial charge in [0.1, 0.15) is 6.23 Å². The molecule has 0 amide bonds. The fourth-order valence-corrected chi connectivity index (χ4v) is 2.80. The summed E-state index contributed by atoms with van der Waals surface area (Å²) in [5.74, 6) is 0. The zero-order chi connectivity index (χ0) is 14.3. The molecule has 0 aromatic rings. The molecule has 0 aromatic carbocycles. The highest BCUT2D eigenvalue weighted by molar-refractivity contribution is 4.85. The Kier molecular flexibility index (Phi) is 7.87. The molecular weight excluding hydrogens is 240 g/mol. The molecule has 0 heterocycles. The molecule has 1 aliphatic rings. The molecule has 4 atom stereocenters. The molecule has 5 heteroatoms. The molecule has 19 heavy (non-hydrogen) atoms. The van der Waals surface area contributed by atoms with E-state index in [1.54, 1.807) is 0 Å². The summed E-state index contributed by atoms with van der Waals surface area (Å²) in [7, 11) is 0. The van der Waals surface area contributed by atoms with Gasteiger partial charge in [0, 0.05) is 18.6 Å². The van der Waals surface area contributed by atoms with Crippen LogP contribution in [0.4, 0.5) is 0 Å². The van der Waals surface area contributed by atoms with Gasteiger partial charge in [0.25, 0.3) is 0 Å². The van der Waals surface area contributed by atoms with Crippen LogP contribution in [-0.4, -0.2) is 54.1 Å². The van der Waals surface area contributed by atoms with E-state index in [1.165, 1.54) is 12.8 Å². The van der Waals surface area contributed by atoms with Gasteiger partial charge in [-0.3, -0.25) is 15.5 Å². The van der Waals surface area contributed by atoms with Crippen molar-refractivity contribution in [3.05, 3.63) is 0 Å². The molecule has 1 aliphatic carbocycles. The van der Waals surface area contributed by atoms with Crippen molar-refractivity contribution in [3.63, 3.8) is 0 Å². The molecule has 0 aromatic heterocycles. The molecular formula is C14H32N4O. The third-order valence-electron chi connectivity index (χ3n) is 4.12. The SMILES string of the molecule is CCN(CC)C(O)CNC(C)NC1CCCCC1N. The van der Waals surface area contributed by atoms with E-state index in [2.05, 4.69) is 31.4 Å². The second-order valence-electron chi connectivity index (χ2n) is 5.55. The first-order chi connectivity index (χ1) is 9.08. The van der Waals surface area contributed by atoms with E-state index in [4.69, 9.17) is 5.73 Å². The maximum Gasteiger partial charge on any atom is 0.120 e. The van der Waals surface area contributed by atoms with Gasteiger partial charge in [-0.05, 0) is 32.9 Å². The molecule has 1 saturated carbocycles. The van der Waals surface area contributed by atoms with Crippen molar-refractivity contribution in [2.24, 2.45) is 5.73 Å². The Bertz CT molecular complexity index is 235. The average molecular weight is 272 g/mol. The molecule has 5 nitrogen and oxygen atoms in total. The zero-order valence-corrected chi connectivity index (χ0v) is 12.7. The largest absolute Gasteiger partial charge is 0.377 e. The van der Waals surface area contributed by atoms with Crippen LogP contribution in [0.2, 0.25) is 0 Å². The monoisotopic (exact) mass is 272 g/mol. The quantitative estimate of drug-likeness (QED) is 0.483. The van der Waals surface area contributed by atoms with Crippen LogP contribution < -0.4 is 16.4 Å². The molecule has 0 bridgehead atoms. The number of aliphatic hydroxyl groups excluding tert-OH is 1. The molecule has 5 N–H and O–H groups in total. The summed E-state index contributed by atoms with van der Waals surface area (Å²) in [6.07, 6.45) is 4.55. The van der Waals surface area contributed by atoms with Crippen LogP contribution in [0.25, 0.3) is 0 Å². The van der Waals surface area contributed by atoms with Gasteiger partial charge >= 0.3 is 0 Å². The number of nitrogens with zero attached hydrogens (tertiary/aromatic N) is 1. The van der Waals surface area contributed by atoms with Crippen molar-refractivity contribution < 1.29 is 5.11 Å². The minimum Gasteiger partial charge on any atom is -0.377 e. The number of hydrogen-bond donors (Lipinski definition) is 4. The Morgan fingerprint density at radius 3 is 2.47 bits per heavy atom. The summed E-state index contributed by atoms with van der Waals surface area (Å²) in [6, 6.07) is 0.674. The Morgan fingerprint density at radius 1 is 1.26 bits per heavy atom. The second-order valence-corrected chi connectivity index (χ2v) is 5.55. The predicted molar refractivity (Wildman–Crippen MR) is 79.8 cm³/mol. The fourth-order valence-electron chi connectivity index (χ4n) is 2.80. The van der Waals surface area contributed by atoms with E-state index in [-0.39, 0.29) is 12.2 Å². The van der Waals surface area contributed by atoms with Gasteiger partial charge in [-0.2, -0.15) is 0 Å². The highest BCUT2D eigenvalue weighted by Crippen LogP contribution is 2.16. The zero-order valence-electron chi connectivity index (χ0n) is 12.7. The lowest BCUT2D eigenvalue weighted by molar-refractivity contribution is 0.00902. The van der Waals surface area contributed by atoms with Crippen molar-refractivity contribution in [2.45, 2.75) is 70.9 Å². The summed E-state index contributed by atoms with van der Waals surface area (Å²) in [5.41, 5.74) is 6.13. The Hall–Kier alpha value is -0.200. The highest BCUT2D eigenvalue weighted by Gasteiger charge is 2.23. The van der Waals surface area contributed by atoms with Crippen LogP contribution in [0.5, 0.6) is 0 Å². The van der Waals surface area contributed by atoms with Crippen LogP contribution >= 0.6 is 0 Å². The van der Waals surface area contributed by atoms with Gasteiger partial charge in [0.2, 0.25) is 0 Å². The first-order valence-electron chi connectivity index (χ1n) is 7.75. The molecule has 0 radical (unpaired) electrons. The third-order valence-corrected chi connectivity index (χ3v) is 4.12. The molecule has 4 unspecified atom stereocenters. The third kappa shape index (κ3) is 5.75. The maximum atomic E-state index is 10.0. The molecule has 0 aliphatic heterocycles. The van der Waals surface area contributed by atoms with Gasteiger partial charge in [-0.15, -0.1) is 0 Å². The normalized spacial score (nSPS) is 27.5. The van der Waals surface area contributed by atoms with E-state index in [0.29, 0.717) is 12.6 Å². The van der Waals surface area contributed by atoms with Crippen LogP contribution in [0, 0.1) is 0 Å². The van der Waals surface area contributed by atoms with E-state index in [1.807, 2.05) is 4.90 Å². The number of likely N-dealkylation sites (N-methyl/N-ethyl adjacent to an activating group) is 1. The van der Waals surface area contributed by atoms with Gasteiger partial charge in [-0.25, -0.2) is 0 Å². The number of nitrogens with two attached hydrogens (primary N) is 1. The van der Waals surface area contributed by atoms with Gasteiger partial charge in [0.15, 0.2) is 0 Å². The van der Waals surface area contributed by atoms with Gasteiger partial charge in [0.05, 0.1) is 6.17 Å². The van der Waals surface area contributed by atoms with Crippen molar-refractivity contribution in [1.29, 1.82) is 0 Å². The van der Waals surface area contributed by atoms with E-state index >= 15 is 0 Å². The van der Waals surface area contributed by atoms with Crippen LogP contribution in [0.1, 0.15) is 46.5 Å². The van der Waals surface area contributed by atoms with Crippen LogP contribution in [-0.2, 0) is 0 Å². The predicted octanol–water partition coefficient (Wildman–Crippen LogP) is 0.442. The molecule has 0 spiro atoms. The first kappa shape index (κ1) is 16.9. The number of rotatable bonds is 8. The summed E-state index contributed by atoms with van der Waals surface area (Å²) in [4.78, 5) is 2.03. The summed E-state index contributed by atoms with van der Waals surface area (Å²) >= 11 is 0. The van der Waals surface area contributed by atoms with E-state index < -0.39 is 6.23 Å². The Labute approximate surface area is 117 Å².